The van der Waals surface area contributed by atoms with Gasteiger partial charge in [-0.1, -0.05) is 29.8 Å². The molecule has 2 aromatic carbocycles. The number of rotatable bonds is 5. The third kappa shape index (κ3) is 3.62. The van der Waals surface area contributed by atoms with Gasteiger partial charge in [-0.2, -0.15) is 8.42 Å². The van der Waals surface area contributed by atoms with Crippen molar-refractivity contribution in [2.45, 2.75) is 25.3 Å². The molecule has 0 atom stereocenters. The van der Waals surface area contributed by atoms with Crippen LogP contribution in [0.5, 0.6) is 0 Å². The Balaban J connectivity index is 1.79. The van der Waals surface area contributed by atoms with Crippen LogP contribution >= 0.6 is 0 Å². The maximum atomic E-state index is 12.5. The van der Waals surface area contributed by atoms with Gasteiger partial charge in [0.25, 0.3) is 15.7 Å². The number of fused-ring (bicyclic) bond motifs is 1. The molecule has 0 saturated heterocycles. The topological polar surface area (TPSA) is 78.3 Å². The molecule has 3 rings (SSSR count). The van der Waals surface area contributed by atoms with E-state index in [1.165, 1.54) is 16.7 Å². The normalized spacial score (nSPS) is 11.8. The van der Waals surface area contributed by atoms with Crippen molar-refractivity contribution in [3.05, 3.63) is 70.3 Å². The Bertz CT molecular complexity index is 1070. The lowest BCUT2D eigenvalue weighted by Gasteiger charge is -2.11. The maximum Gasteiger partial charge on any atom is 0.297 e. The minimum atomic E-state index is -3.85. The van der Waals surface area contributed by atoms with Gasteiger partial charge in [-0.25, -0.2) is 4.98 Å². The monoisotopic (exact) mass is 358 g/mol. The molecule has 0 saturated carbocycles. The number of hydrogen-bond donors (Lipinski definition) is 0. The van der Waals surface area contributed by atoms with Crippen LogP contribution in [0.25, 0.3) is 10.9 Å². The zero-order valence-corrected chi connectivity index (χ0v) is 14.8. The molecule has 130 valence electrons. The Morgan fingerprint density at radius 2 is 1.72 bits per heavy atom. The van der Waals surface area contributed by atoms with Crippen molar-refractivity contribution >= 4 is 21.0 Å². The molecule has 0 aliphatic rings. The molecule has 6 nitrogen and oxygen atoms in total. The first-order valence-corrected chi connectivity index (χ1v) is 9.21. The molecular formula is C18H18N2O4S. The second-order valence-corrected chi connectivity index (χ2v) is 7.34. The van der Waals surface area contributed by atoms with Crippen molar-refractivity contribution in [3.8, 4) is 0 Å². The number of aryl methyl sites for hydroxylation is 2. The van der Waals surface area contributed by atoms with Crippen LogP contribution in [0.2, 0.25) is 0 Å². The standard InChI is InChI=1S/C18H18N2O4S/c1-13-7-9-15(10-8-13)25(22,23)24-12-11-20-14(2)19-17-6-4-3-5-16(17)18(20)21/h3-10H,11-12H2,1-2H3. The van der Waals surface area contributed by atoms with Crippen molar-refractivity contribution < 1.29 is 12.6 Å². The van der Waals surface area contributed by atoms with E-state index in [0.29, 0.717) is 16.7 Å². The van der Waals surface area contributed by atoms with Crippen LogP contribution in [0.3, 0.4) is 0 Å². The lowest BCUT2D eigenvalue weighted by molar-refractivity contribution is 0.297. The van der Waals surface area contributed by atoms with E-state index in [2.05, 4.69) is 4.98 Å². The summed E-state index contributed by atoms with van der Waals surface area (Å²) in [5.41, 5.74) is 1.37. The molecule has 1 aromatic heterocycles. The summed E-state index contributed by atoms with van der Waals surface area (Å²) in [5, 5.41) is 0.495. The molecule has 7 heteroatoms. The first kappa shape index (κ1) is 17.3. The van der Waals surface area contributed by atoms with Crippen LogP contribution in [-0.4, -0.2) is 24.6 Å². The van der Waals surface area contributed by atoms with Gasteiger partial charge < -0.3 is 0 Å². The average molecular weight is 358 g/mol. The molecule has 0 fully saturated rings. The Hall–Kier alpha value is -2.51. The van der Waals surface area contributed by atoms with Crippen molar-refractivity contribution in [1.82, 2.24) is 9.55 Å². The second kappa shape index (κ2) is 6.78. The Morgan fingerprint density at radius 3 is 2.44 bits per heavy atom. The molecule has 1 heterocycles. The Morgan fingerprint density at radius 1 is 1.04 bits per heavy atom. The average Bonchev–Trinajstić information content (AvgIpc) is 2.58. The van der Waals surface area contributed by atoms with E-state index in [-0.39, 0.29) is 23.6 Å². The van der Waals surface area contributed by atoms with E-state index in [4.69, 9.17) is 4.18 Å². The smallest absolute Gasteiger partial charge is 0.294 e. The predicted octanol–water partition coefficient (Wildman–Crippen LogP) is 2.42. The van der Waals surface area contributed by atoms with E-state index in [9.17, 15) is 13.2 Å². The van der Waals surface area contributed by atoms with Gasteiger partial charge in [0.2, 0.25) is 0 Å². The van der Waals surface area contributed by atoms with Gasteiger partial charge in [-0.3, -0.25) is 13.5 Å². The summed E-state index contributed by atoms with van der Waals surface area (Å²) in [6.07, 6.45) is 0. The van der Waals surface area contributed by atoms with E-state index in [1.54, 1.807) is 37.3 Å². The summed E-state index contributed by atoms with van der Waals surface area (Å²) in [6, 6.07) is 13.5. The van der Waals surface area contributed by atoms with Gasteiger partial charge in [0, 0.05) is 0 Å². The summed E-state index contributed by atoms with van der Waals surface area (Å²) in [4.78, 5) is 17.0. The van der Waals surface area contributed by atoms with Crippen LogP contribution in [0.1, 0.15) is 11.4 Å². The third-order valence-electron chi connectivity index (χ3n) is 3.92. The molecule has 0 aliphatic heterocycles. The zero-order chi connectivity index (χ0) is 18.0. The van der Waals surface area contributed by atoms with Gasteiger partial charge >= 0.3 is 0 Å². The molecule has 0 aliphatic carbocycles. The fourth-order valence-corrected chi connectivity index (χ4v) is 3.45. The second-order valence-electron chi connectivity index (χ2n) is 5.72. The van der Waals surface area contributed by atoms with Gasteiger partial charge in [-0.15, -0.1) is 0 Å². The van der Waals surface area contributed by atoms with E-state index < -0.39 is 10.1 Å². The fraction of sp³-hybridized carbons (Fsp3) is 0.222. The molecule has 0 unspecified atom stereocenters. The van der Waals surface area contributed by atoms with Crippen LogP contribution < -0.4 is 5.56 Å². The molecule has 0 spiro atoms. The fourth-order valence-electron chi connectivity index (χ4n) is 2.55. The molecule has 3 aromatic rings. The molecular weight excluding hydrogens is 340 g/mol. The summed E-state index contributed by atoms with van der Waals surface area (Å²) in [5.74, 6) is 0.514. The Kier molecular flexibility index (Phi) is 4.69. The first-order chi connectivity index (χ1) is 11.9. The summed E-state index contributed by atoms with van der Waals surface area (Å²) in [7, 11) is -3.85. The highest BCUT2D eigenvalue weighted by atomic mass is 32.2. The largest absolute Gasteiger partial charge is 0.297 e. The highest BCUT2D eigenvalue weighted by Crippen LogP contribution is 2.13. The van der Waals surface area contributed by atoms with Crippen molar-refractivity contribution in [2.75, 3.05) is 6.61 Å². The molecule has 0 N–H and O–H groups in total. The van der Waals surface area contributed by atoms with Crippen LogP contribution in [0.15, 0.2) is 58.2 Å². The summed E-state index contributed by atoms with van der Waals surface area (Å²) in [6.45, 7) is 3.55. The third-order valence-corrected chi connectivity index (χ3v) is 5.24. The van der Waals surface area contributed by atoms with E-state index in [1.807, 2.05) is 13.0 Å². The summed E-state index contributed by atoms with van der Waals surface area (Å²) >= 11 is 0. The van der Waals surface area contributed by atoms with Gasteiger partial charge in [0.1, 0.15) is 5.82 Å². The van der Waals surface area contributed by atoms with E-state index >= 15 is 0 Å². The minimum Gasteiger partial charge on any atom is -0.294 e. The van der Waals surface area contributed by atoms with Crippen LogP contribution in [0, 0.1) is 13.8 Å². The van der Waals surface area contributed by atoms with Crippen LogP contribution in [0.4, 0.5) is 0 Å². The van der Waals surface area contributed by atoms with E-state index in [0.717, 1.165) is 5.56 Å². The van der Waals surface area contributed by atoms with Crippen molar-refractivity contribution in [3.63, 3.8) is 0 Å². The number of para-hydroxylation sites is 1. The predicted molar refractivity (Wildman–Crippen MR) is 95.1 cm³/mol. The highest BCUT2D eigenvalue weighted by molar-refractivity contribution is 7.86. The number of benzene rings is 2. The quantitative estimate of drug-likeness (QED) is 0.655. The van der Waals surface area contributed by atoms with Crippen LogP contribution in [-0.2, 0) is 20.8 Å². The maximum absolute atomic E-state index is 12.5. The molecule has 25 heavy (non-hydrogen) atoms. The highest BCUT2D eigenvalue weighted by Gasteiger charge is 2.15. The molecule has 0 radical (unpaired) electrons. The molecule has 0 amide bonds. The van der Waals surface area contributed by atoms with Gasteiger partial charge in [-0.05, 0) is 38.1 Å². The lowest BCUT2D eigenvalue weighted by Crippen LogP contribution is -2.26. The van der Waals surface area contributed by atoms with Gasteiger partial charge in [0.05, 0.1) is 29.0 Å². The zero-order valence-electron chi connectivity index (χ0n) is 14.0. The molecule has 0 bridgehead atoms. The van der Waals surface area contributed by atoms with Crippen molar-refractivity contribution in [1.29, 1.82) is 0 Å². The summed E-state index contributed by atoms with van der Waals surface area (Å²) < 4.78 is 30.9. The SMILES string of the molecule is Cc1ccc(S(=O)(=O)OCCn2c(C)nc3ccccc3c2=O)cc1. The lowest BCUT2D eigenvalue weighted by atomic mass is 10.2. The first-order valence-electron chi connectivity index (χ1n) is 7.81. The number of aromatic nitrogens is 2. The minimum absolute atomic E-state index is 0.0961. The number of hydrogen-bond acceptors (Lipinski definition) is 5. The number of nitrogens with zero attached hydrogens (tertiary/aromatic N) is 2. The van der Waals surface area contributed by atoms with Crippen molar-refractivity contribution in [2.24, 2.45) is 0 Å². The Labute approximate surface area is 145 Å². The van der Waals surface area contributed by atoms with Gasteiger partial charge in [0.15, 0.2) is 0 Å².